The number of aryl methyl sites for hydroxylation is 1. The molecule has 1 aromatic heterocycles. The average molecular weight is 822 g/mol. The lowest BCUT2D eigenvalue weighted by molar-refractivity contribution is -0.144. The molecule has 4 aromatic rings. The number of nitrogens with zero attached hydrogens (tertiary/aromatic N) is 1. The Labute approximate surface area is 352 Å². The maximum Gasteiger partial charge on any atom is 0.330 e. The Hall–Kier alpha value is -5.09. The first-order chi connectivity index (χ1) is 28.4. The fourth-order valence-corrected chi connectivity index (χ4v) is 10.1. The van der Waals surface area contributed by atoms with Crippen molar-refractivity contribution in [2.45, 2.75) is 108 Å². The minimum Gasteiger partial charge on any atom is -0.493 e. The Morgan fingerprint density at radius 1 is 0.915 bits per heavy atom. The van der Waals surface area contributed by atoms with E-state index in [0.717, 1.165) is 43.5 Å². The van der Waals surface area contributed by atoms with E-state index in [2.05, 4.69) is 41.6 Å². The van der Waals surface area contributed by atoms with Crippen LogP contribution in [0, 0.1) is 17.8 Å². The molecule has 3 aliphatic carbocycles. The summed E-state index contributed by atoms with van der Waals surface area (Å²) in [6.07, 6.45) is 9.28. The first kappa shape index (κ1) is 42.0. The second kappa shape index (κ2) is 18.0. The normalized spacial score (nSPS) is 23.6. The summed E-state index contributed by atoms with van der Waals surface area (Å²) in [5, 5.41) is 27.1. The summed E-state index contributed by atoms with van der Waals surface area (Å²) in [5.41, 5.74) is 4.66. The number of hydrogen-bond donors (Lipinski definition) is 4. The predicted molar refractivity (Wildman–Crippen MR) is 228 cm³/mol. The first-order valence-electron chi connectivity index (χ1n) is 21.1. The van der Waals surface area contributed by atoms with E-state index in [4.69, 9.17) is 21.1 Å². The fourth-order valence-electron chi connectivity index (χ4n) is 9.93. The van der Waals surface area contributed by atoms with E-state index >= 15 is 0 Å². The van der Waals surface area contributed by atoms with Crippen LogP contribution in [0.4, 0.5) is 5.69 Å². The molecule has 1 fully saturated rings. The van der Waals surface area contributed by atoms with Crippen molar-refractivity contribution >= 4 is 35.1 Å². The van der Waals surface area contributed by atoms with Gasteiger partial charge in [-0.15, -0.1) is 0 Å². The van der Waals surface area contributed by atoms with Crippen molar-refractivity contribution in [1.29, 1.82) is 0 Å². The van der Waals surface area contributed by atoms with Gasteiger partial charge in [0.15, 0.2) is 6.04 Å². The number of anilines is 1. The van der Waals surface area contributed by atoms with E-state index in [1.807, 2.05) is 37.4 Å². The molecule has 0 saturated heterocycles. The second-order valence-corrected chi connectivity index (χ2v) is 17.8. The van der Waals surface area contributed by atoms with E-state index in [9.17, 15) is 24.6 Å². The zero-order valence-electron chi connectivity index (χ0n) is 34.2. The highest BCUT2D eigenvalue weighted by molar-refractivity contribution is 6.30. The summed E-state index contributed by atoms with van der Waals surface area (Å²) in [6, 6.07) is 23.0. The van der Waals surface area contributed by atoms with Gasteiger partial charge in [-0.25, -0.2) is 9.59 Å². The smallest absolute Gasteiger partial charge is 0.330 e. The molecule has 10 nitrogen and oxygen atoms in total. The number of pyridine rings is 1. The van der Waals surface area contributed by atoms with Crippen molar-refractivity contribution < 1.29 is 34.1 Å². The molecule has 0 aliphatic heterocycles. The number of ether oxygens (including phenoxy) is 2. The minimum absolute atomic E-state index is 0.103. The maximum absolute atomic E-state index is 13.1. The highest BCUT2D eigenvalue weighted by Crippen LogP contribution is 2.57. The number of aromatic nitrogens is 1. The number of halogens is 1. The number of carboxylic acids is 2. The largest absolute Gasteiger partial charge is 0.493 e. The SMILES string of the molecule is CC(COc1ccc2c(c1)C1(CCC(Nc3cccc(Cl)c3)(C(=O)O)CC1)[C@@H](C[C@@H](C)COc1ccnc3c1[C@H](C)CCC3)C2)CC(=O)N[C@@H](C(=O)O)c1ccccc1. The summed E-state index contributed by atoms with van der Waals surface area (Å²) >= 11 is 6.30. The van der Waals surface area contributed by atoms with Gasteiger partial charge in [0.25, 0.3) is 0 Å². The van der Waals surface area contributed by atoms with Crippen LogP contribution in [0.1, 0.15) is 112 Å². The third-order valence-electron chi connectivity index (χ3n) is 13.0. The van der Waals surface area contributed by atoms with E-state index in [1.165, 1.54) is 16.7 Å². The summed E-state index contributed by atoms with van der Waals surface area (Å²) in [6.45, 7) is 7.27. The molecule has 312 valence electrons. The number of carboxylic acid groups (broad SMARTS) is 2. The summed E-state index contributed by atoms with van der Waals surface area (Å²) in [5.74, 6) is 0.0406. The van der Waals surface area contributed by atoms with Gasteiger partial charge in [-0.2, -0.15) is 0 Å². The molecule has 59 heavy (non-hydrogen) atoms. The van der Waals surface area contributed by atoms with Crippen LogP contribution >= 0.6 is 11.6 Å². The van der Waals surface area contributed by atoms with Gasteiger partial charge in [-0.1, -0.05) is 74.8 Å². The summed E-state index contributed by atoms with van der Waals surface area (Å²) in [4.78, 5) is 42.7. The Morgan fingerprint density at radius 3 is 2.41 bits per heavy atom. The first-order valence-corrected chi connectivity index (χ1v) is 21.4. The third-order valence-corrected chi connectivity index (χ3v) is 13.3. The number of benzene rings is 3. The van der Waals surface area contributed by atoms with Crippen LogP contribution in [0.2, 0.25) is 5.02 Å². The van der Waals surface area contributed by atoms with Crippen LogP contribution in [0.5, 0.6) is 11.5 Å². The number of amides is 1. The fraction of sp³-hybridized carbons (Fsp3) is 0.458. The highest BCUT2D eigenvalue weighted by atomic mass is 35.5. The van der Waals surface area contributed by atoms with Crippen molar-refractivity contribution in [1.82, 2.24) is 10.3 Å². The number of hydrogen-bond acceptors (Lipinski definition) is 7. The molecule has 1 saturated carbocycles. The zero-order chi connectivity index (χ0) is 41.7. The van der Waals surface area contributed by atoms with Crippen molar-refractivity contribution in [3.63, 3.8) is 0 Å². The van der Waals surface area contributed by atoms with Crippen LogP contribution in [0.25, 0.3) is 0 Å². The number of nitrogens with one attached hydrogen (secondary N) is 2. The molecule has 7 rings (SSSR count). The quantitative estimate of drug-likeness (QED) is 0.0868. The van der Waals surface area contributed by atoms with Crippen LogP contribution in [0.15, 0.2) is 85.1 Å². The lowest BCUT2D eigenvalue weighted by atomic mass is 9.59. The molecular weight excluding hydrogens is 766 g/mol. The standard InChI is InChI=1S/C48H56ClN3O7/c1-30(29-59-41-17-22-50-40-14-7-9-32(3)43(40)41)23-35-25-34-15-16-38(58-28-31(2)24-42(53)51-44(45(54)55)33-10-5-4-6-11-33)27-39(34)47(35)18-20-48(21-19-47,46(56)57)52-37-13-8-12-36(49)26-37/h4-6,8,10-13,15-17,22,26-27,30-32,35,44,52H,7,9,14,18-21,23-25,28-29H2,1-3H3,(H,51,53)(H,54,55)(H,56,57)/t30-,31?,32-,35+,44-,47?,48?/m1/s1. The van der Waals surface area contributed by atoms with E-state index in [-0.39, 0.29) is 42.1 Å². The van der Waals surface area contributed by atoms with Gasteiger partial charge in [-0.05, 0) is 140 Å². The minimum atomic E-state index is -1.14. The molecule has 0 radical (unpaired) electrons. The molecular formula is C48H56ClN3O7. The number of aliphatic carboxylic acids is 2. The molecule has 1 heterocycles. The summed E-state index contributed by atoms with van der Waals surface area (Å²) in [7, 11) is 0. The van der Waals surface area contributed by atoms with Gasteiger partial charge in [0.05, 0.1) is 13.2 Å². The van der Waals surface area contributed by atoms with E-state index in [0.29, 0.717) is 60.2 Å². The van der Waals surface area contributed by atoms with E-state index < -0.39 is 23.5 Å². The predicted octanol–water partition coefficient (Wildman–Crippen LogP) is 9.55. The Bertz CT molecular complexity index is 2140. The Morgan fingerprint density at radius 2 is 1.68 bits per heavy atom. The van der Waals surface area contributed by atoms with Crippen molar-refractivity contribution in [2.24, 2.45) is 17.8 Å². The number of carbonyl (C=O) groups excluding carboxylic acids is 1. The molecule has 0 bridgehead atoms. The lowest BCUT2D eigenvalue weighted by Crippen LogP contribution is -2.53. The third kappa shape index (κ3) is 9.38. The molecule has 1 unspecified atom stereocenters. The van der Waals surface area contributed by atoms with Crippen molar-refractivity contribution in [2.75, 3.05) is 18.5 Å². The number of fused-ring (bicyclic) bond motifs is 3. The van der Waals surface area contributed by atoms with Gasteiger partial charge < -0.3 is 30.3 Å². The molecule has 5 atom stereocenters. The molecule has 3 aromatic carbocycles. The molecule has 1 spiro atoms. The molecule has 4 N–H and O–H groups in total. The summed E-state index contributed by atoms with van der Waals surface area (Å²) < 4.78 is 12.9. The van der Waals surface area contributed by atoms with Gasteiger partial charge in [0, 0.05) is 34.6 Å². The zero-order valence-corrected chi connectivity index (χ0v) is 35.0. The molecule has 3 aliphatic rings. The van der Waals surface area contributed by atoms with Gasteiger partial charge in [-0.3, -0.25) is 9.78 Å². The van der Waals surface area contributed by atoms with Crippen LogP contribution in [-0.2, 0) is 32.6 Å². The van der Waals surface area contributed by atoms with Crippen LogP contribution < -0.4 is 20.1 Å². The lowest BCUT2D eigenvalue weighted by Gasteiger charge is -2.47. The Kier molecular flexibility index (Phi) is 12.9. The average Bonchev–Trinajstić information content (AvgIpc) is 3.50. The van der Waals surface area contributed by atoms with Crippen molar-refractivity contribution in [3.8, 4) is 11.5 Å². The van der Waals surface area contributed by atoms with Gasteiger partial charge in [0.1, 0.15) is 17.0 Å². The monoisotopic (exact) mass is 821 g/mol. The number of carbonyl (C=O) groups is 3. The van der Waals surface area contributed by atoms with Gasteiger partial charge >= 0.3 is 11.9 Å². The maximum atomic E-state index is 13.1. The van der Waals surface area contributed by atoms with Crippen molar-refractivity contribution in [3.05, 3.63) is 118 Å². The highest BCUT2D eigenvalue weighted by Gasteiger charge is 2.54. The van der Waals surface area contributed by atoms with Gasteiger partial charge in [0.2, 0.25) is 5.91 Å². The van der Waals surface area contributed by atoms with Crippen LogP contribution in [0.3, 0.4) is 0 Å². The second-order valence-electron chi connectivity index (χ2n) is 17.4. The molecule has 11 heteroatoms. The topological polar surface area (TPSA) is 147 Å². The van der Waals surface area contributed by atoms with E-state index in [1.54, 1.807) is 42.5 Å². The molecule has 1 amide bonds. The Balaban J connectivity index is 1.07. The number of rotatable bonds is 16. The van der Waals surface area contributed by atoms with Crippen LogP contribution in [-0.4, -0.2) is 51.8 Å².